The summed E-state index contributed by atoms with van der Waals surface area (Å²) in [7, 11) is 0. The Morgan fingerprint density at radius 3 is 1.74 bits per heavy atom. The number of ether oxygens (including phenoxy) is 1. The highest BCUT2D eigenvalue weighted by Gasteiger charge is 2.23. The van der Waals surface area contributed by atoms with Crippen molar-refractivity contribution in [1.82, 2.24) is 0 Å². The smallest absolute Gasteiger partial charge is 0.330 e. The van der Waals surface area contributed by atoms with Gasteiger partial charge in [-0.2, -0.15) is 0 Å². The second-order valence-corrected chi connectivity index (χ2v) is 3.89. The lowest BCUT2D eigenvalue weighted by Gasteiger charge is -2.12. The minimum absolute atomic E-state index is 0.0498. The molecule has 9 nitrogen and oxygen atoms in total. The van der Waals surface area contributed by atoms with Crippen LogP contribution in [0.4, 0.5) is 0 Å². The number of carbonyl (C=O) groups excluding carboxylic acids is 3. The van der Waals surface area contributed by atoms with Gasteiger partial charge in [-0.25, -0.2) is 9.59 Å². The van der Waals surface area contributed by atoms with Crippen molar-refractivity contribution in [2.75, 3.05) is 0 Å². The molecular formula is C10H17N3O6. The minimum atomic E-state index is -1.22. The number of rotatable bonds is 8. The average Bonchev–Trinajstić information content (AvgIpc) is 2.32. The van der Waals surface area contributed by atoms with Crippen molar-refractivity contribution in [2.45, 2.75) is 37.8 Å². The maximum absolute atomic E-state index is 11.3. The maximum Gasteiger partial charge on any atom is 0.330 e. The van der Waals surface area contributed by atoms with Crippen LogP contribution in [-0.2, 0) is 23.9 Å². The number of aliphatic carboxylic acids is 1. The van der Waals surface area contributed by atoms with E-state index in [4.69, 9.17) is 22.3 Å². The van der Waals surface area contributed by atoms with E-state index in [1.165, 1.54) is 0 Å². The highest BCUT2D eigenvalue weighted by Crippen LogP contribution is 2.01. The van der Waals surface area contributed by atoms with E-state index >= 15 is 0 Å². The molecule has 2 unspecified atom stereocenters. The summed E-state index contributed by atoms with van der Waals surface area (Å²) in [5.74, 6) is -3.83. The molecule has 108 valence electrons. The molecule has 0 rings (SSSR count). The van der Waals surface area contributed by atoms with Crippen LogP contribution in [0.1, 0.15) is 25.7 Å². The van der Waals surface area contributed by atoms with Gasteiger partial charge in [0, 0.05) is 12.8 Å². The van der Waals surface area contributed by atoms with Gasteiger partial charge in [0.1, 0.15) is 12.1 Å². The van der Waals surface area contributed by atoms with Crippen molar-refractivity contribution < 1.29 is 29.0 Å². The Morgan fingerprint density at radius 1 is 0.947 bits per heavy atom. The fourth-order valence-corrected chi connectivity index (χ4v) is 1.06. The molecule has 0 fully saturated rings. The quantitative estimate of drug-likeness (QED) is 0.286. The van der Waals surface area contributed by atoms with Crippen LogP contribution >= 0.6 is 0 Å². The predicted octanol–water partition coefficient (Wildman–Crippen LogP) is -2.16. The van der Waals surface area contributed by atoms with Crippen LogP contribution in [0.3, 0.4) is 0 Å². The highest BCUT2D eigenvalue weighted by molar-refractivity contribution is 5.91. The van der Waals surface area contributed by atoms with Crippen LogP contribution < -0.4 is 17.2 Å². The molecule has 0 saturated carbocycles. The van der Waals surface area contributed by atoms with Gasteiger partial charge in [-0.3, -0.25) is 9.59 Å². The van der Waals surface area contributed by atoms with E-state index in [1.807, 2.05) is 0 Å². The highest BCUT2D eigenvalue weighted by atomic mass is 16.6. The van der Waals surface area contributed by atoms with Crippen molar-refractivity contribution in [1.29, 1.82) is 0 Å². The number of nitrogens with two attached hydrogens (primary N) is 3. The molecule has 2 atom stereocenters. The summed E-state index contributed by atoms with van der Waals surface area (Å²) >= 11 is 0. The predicted molar refractivity (Wildman–Crippen MR) is 62.3 cm³/mol. The molecule has 0 aromatic carbocycles. The second-order valence-electron chi connectivity index (χ2n) is 3.89. The standard InChI is InChI=1S/C10H17N3O6/c11-5(1-3-7(13)14)9(17)19-10(18)6(12)2-4-8(15)16/h5-6H,1-4,11-12H2,(H2,13,14)(H,15,16). The van der Waals surface area contributed by atoms with Gasteiger partial charge in [-0.05, 0) is 12.8 Å². The Hall–Kier alpha value is -2.00. The Bertz CT molecular complexity index is 336. The molecule has 0 saturated heterocycles. The molecule has 19 heavy (non-hydrogen) atoms. The first kappa shape index (κ1) is 17.0. The molecule has 0 aromatic rings. The van der Waals surface area contributed by atoms with Gasteiger partial charge >= 0.3 is 17.9 Å². The van der Waals surface area contributed by atoms with E-state index in [0.717, 1.165) is 0 Å². The average molecular weight is 275 g/mol. The maximum atomic E-state index is 11.3. The van der Waals surface area contributed by atoms with Crippen molar-refractivity contribution in [2.24, 2.45) is 17.2 Å². The van der Waals surface area contributed by atoms with Crippen LogP contribution in [0.5, 0.6) is 0 Å². The molecule has 0 aliphatic carbocycles. The van der Waals surface area contributed by atoms with Gasteiger partial charge in [0.25, 0.3) is 0 Å². The summed E-state index contributed by atoms with van der Waals surface area (Å²) in [6, 6.07) is -2.38. The first-order valence-electron chi connectivity index (χ1n) is 5.50. The number of amides is 1. The van der Waals surface area contributed by atoms with E-state index in [1.54, 1.807) is 0 Å². The van der Waals surface area contributed by atoms with Crippen LogP contribution in [-0.4, -0.2) is 41.0 Å². The summed E-state index contributed by atoms with van der Waals surface area (Å²) in [6.07, 6.45) is -0.641. The number of esters is 2. The van der Waals surface area contributed by atoms with E-state index in [-0.39, 0.29) is 25.7 Å². The normalized spacial score (nSPS) is 13.4. The van der Waals surface area contributed by atoms with Gasteiger partial charge < -0.3 is 27.0 Å². The summed E-state index contributed by atoms with van der Waals surface area (Å²) in [5.41, 5.74) is 15.6. The number of carboxylic acid groups (broad SMARTS) is 1. The van der Waals surface area contributed by atoms with Gasteiger partial charge in [0.2, 0.25) is 5.91 Å². The molecule has 1 amide bonds. The zero-order chi connectivity index (χ0) is 15.0. The first-order valence-corrected chi connectivity index (χ1v) is 5.50. The van der Waals surface area contributed by atoms with E-state index in [2.05, 4.69) is 4.74 Å². The van der Waals surface area contributed by atoms with Crippen LogP contribution in [0, 0.1) is 0 Å². The summed E-state index contributed by atoms with van der Waals surface area (Å²) in [4.78, 5) is 43.4. The molecular weight excluding hydrogens is 258 g/mol. The van der Waals surface area contributed by atoms with Crippen molar-refractivity contribution in [3.05, 3.63) is 0 Å². The third kappa shape index (κ3) is 7.84. The Labute approximate surface area is 109 Å². The summed E-state index contributed by atoms with van der Waals surface area (Å²) in [5, 5.41) is 8.40. The minimum Gasteiger partial charge on any atom is -0.481 e. The molecule has 0 aliphatic heterocycles. The Kier molecular flexibility index (Phi) is 7.30. The monoisotopic (exact) mass is 275 g/mol. The number of carbonyl (C=O) groups is 4. The molecule has 0 spiro atoms. The number of primary amides is 1. The molecule has 0 aliphatic rings. The fraction of sp³-hybridized carbons (Fsp3) is 0.600. The number of carboxylic acids is 1. The van der Waals surface area contributed by atoms with E-state index in [9.17, 15) is 19.2 Å². The largest absolute Gasteiger partial charge is 0.481 e. The lowest BCUT2D eigenvalue weighted by Crippen LogP contribution is -2.40. The van der Waals surface area contributed by atoms with Crippen LogP contribution in [0.25, 0.3) is 0 Å². The molecule has 0 heterocycles. The lowest BCUT2D eigenvalue weighted by atomic mass is 10.1. The molecule has 0 aromatic heterocycles. The van der Waals surface area contributed by atoms with Crippen molar-refractivity contribution >= 4 is 23.8 Å². The zero-order valence-electron chi connectivity index (χ0n) is 10.2. The van der Waals surface area contributed by atoms with Crippen molar-refractivity contribution in [3.8, 4) is 0 Å². The van der Waals surface area contributed by atoms with Gasteiger partial charge in [0.15, 0.2) is 0 Å². The lowest BCUT2D eigenvalue weighted by molar-refractivity contribution is -0.161. The van der Waals surface area contributed by atoms with Crippen molar-refractivity contribution in [3.63, 3.8) is 0 Å². The van der Waals surface area contributed by atoms with Gasteiger partial charge in [-0.1, -0.05) is 0 Å². The summed E-state index contributed by atoms with van der Waals surface area (Å²) < 4.78 is 4.37. The molecule has 7 N–H and O–H groups in total. The van der Waals surface area contributed by atoms with Crippen LogP contribution in [0.2, 0.25) is 0 Å². The third-order valence-corrected chi connectivity index (χ3v) is 2.18. The topological polar surface area (TPSA) is 176 Å². The number of hydrogen-bond donors (Lipinski definition) is 4. The molecule has 0 radical (unpaired) electrons. The number of hydrogen-bond acceptors (Lipinski definition) is 7. The second kappa shape index (κ2) is 8.16. The molecule has 9 heteroatoms. The SMILES string of the molecule is NC(=O)CCC(N)C(=O)OC(=O)C(N)CCC(=O)O. The van der Waals surface area contributed by atoms with Gasteiger partial charge in [0.05, 0.1) is 0 Å². The Morgan fingerprint density at radius 2 is 1.37 bits per heavy atom. The van der Waals surface area contributed by atoms with Gasteiger partial charge in [-0.15, -0.1) is 0 Å². The summed E-state index contributed by atoms with van der Waals surface area (Å²) in [6.45, 7) is 0. The molecule has 0 bridgehead atoms. The zero-order valence-corrected chi connectivity index (χ0v) is 10.2. The Balaban J connectivity index is 4.12. The van der Waals surface area contributed by atoms with Crippen LogP contribution in [0.15, 0.2) is 0 Å². The van der Waals surface area contributed by atoms with E-state index in [0.29, 0.717) is 0 Å². The third-order valence-electron chi connectivity index (χ3n) is 2.18. The first-order chi connectivity index (χ1) is 8.73. The fourth-order valence-electron chi connectivity index (χ4n) is 1.06. The van der Waals surface area contributed by atoms with E-state index < -0.39 is 35.9 Å².